The number of benzene rings is 1. The molecule has 0 saturated heterocycles. The van der Waals surface area contributed by atoms with E-state index in [1.165, 1.54) is 11.8 Å². The molecule has 19 heavy (non-hydrogen) atoms. The molecule has 0 fully saturated rings. The normalized spacial score (nSPS) is 12.5. The van der Waals surface area contributed by atoms with Crippen molar-refractivity contribution in [3.8, 4) is 0 Å². The quantitative estimate of drug-likeness (QED) is 0.757. The molecule has 1 aromatic rings. The van der Waals surface area contributed by atoms with Crippen LogP contribution in [0.4, 0.5) is 0 Å². The molecule has 1 atom stereocenters. The van der Waals surface area contributed by atoms with Gasteiger partial charge in [0.1, 0.15) is 0 Å². The minimum absolute atomic E-state index is 0.0705. The van der Waals surface area contributed by atoms with Crippen molar-refractivity contribution < 1.29 is 4.79 Å². The van der Waals surface area contributed by atoms with Crippen molar-refractivity contribution in [2.45, 2.75) is 44.6 Å². The molecule has 1 amide bonds. The molecule has 1 N–H and O–H groups in total. The highest BCUT2D eigenvalue weighted by Crippen LogP contribution is 2.26. The lowest BCUT2D eigenvalue weighted by Crippen LogP contribution is -2.34. The zero-order valence-corrected chi connectivity index (χ0v) is 13.4. The van der Waals surface area contributed by atoms with Crippen LogP contribution in [0.1, 0.15) is 33.6 Å². The van der Waals surface area contributed by atoms with Gasteiger partial charge in [-0.2, -0.15) is 0 Å². The van der Waals surface area contributed by atoms with Crippen LogP contribution in [0, 0.1) is 5.92 Å². The van der Waals surface area contributed by atoms with Crippen LogP contribution in [0.25, 0.3) is 0 Å². The SMILES string of the molecule is CC(C)CCC(C)NC(=O)CSc1ccccc1Cl. The molecular weight excluding hydrogens is 278 g/mol. The van der Waals surface area contributed by atoms with Gasteiger partial charge in [-0.3, -0.25) is 4.79 Å². The molecule has 106 valence electrons. The van der Waals surface area contributed by atoms with E-state index in [1.807, 2.05) is 24.3 Å². The van der Waals surface area contributed by atoms with Crippen LogP contribution < -0.4 is 5.32 Å². The fourth-order valence-corrected chi connectivity index (χ4v) is 2.73. The topological polar surface area (TPSA) is 29.1 Å². The first-order valence-electron chi connectivity index (χ1n) is 6.65. The van der Waals surface area contributed by atoms with Gasteiger partial charge >= 0.3 is 0 Å². The number of hydrogen-bond acceptors (Lipinski definition) is 2. The summed E-state index contributed by atoms with van der Waals surface area (Å²) in [5.74, 6) is 1.16. The van der Waals surface area contributed by atoms with Gasteiger partial charge in [0.25, 0.3) is 0 Å². The number of carbonyl (C=O) groups is 1. The molecule has 0 aliphatic heterocycles. The fourth-order valence-electron chi connectivity index (χ4n) is 1.68. The number of hydrogen-bond donors (Lipinski definition) is 1. The third kappa shape index (κ3) is 6.88. The zero-order valence-electron chi connectivity index (χ0n) is 11.8. The van der Waals surface area contributed by atoms with Crippen LogP contribution in [-0.2, 0) is 4.79 Å². The Labute approximate surface area is 125 Å². The number of amides is 1. The van der Waals surface area contributed by atoms with Crippen LogP contribution in [0.15, 0.2) is 29.2 Å². The first kappa shape index (κ1) is 16.4. The van der Waals surface area contributed by atoms with E-state index in [0.29, 0.717) is 16.7 Å². The maximum absolute atomic E-state index is 11.8. The standard InChI is InChI=1S/C15H22ClNOS/c1-11(2)8-9-12(3)17-15(18)10-19-14-7-5-4-6-13(14)16/h4-7,11-12H,8-10H2,1-3H3,(H,17,18). The van der Waals surface area contributed by atoms with Gasteiger partial charge in [0.05, 0.1) is 10.8 Å². The third-order valence-corrected chi connectivity index (χ3v) is 4.30. The van der Waals surface area contributed by atoms with Crippen molar-refractivity contribution in [3.05, 3.63) is 29.3 Å². The number of thioether (sulfide) groups is 1. The molecule has 0 spiro atoms. The summed E-state index contributed by atoms with van der Waals surface area (Å²) in [6.07, 6.45) is 2.17. The Morgan fingerprint density at radius 3 is 2.58 bits per heavy atom. The highest BCUT2D eigenvalue weighted by molar-refractivity contribution is 8.00. The molecule has 4 heteroatoms. The minimum atomic E-state index is 0.0705. The van der Waals surface area contributed by atoms with Crippen LogP contribution in [0.3, 0.4) is 0 Å². The second kappa shape index (κ2) is 8.49. The number of nitrogens with one attached hydrogen (secondary N) is 1. The van der Waals surface area contributed by atoms with E-state index in [0.717, 1.165) is 17.7 Å². The second-order valence-electron chi connectivity index (χ2n) is 5.16. The molecule has 0 saturated carbocycles. The Hall–Kier alpha value is -0.670. The van der Waals surface area contributed by atoms with E-state index in [2.05, 4.69) is 26.1 Å². The molecule has 1 aromatic carbocycles. The Morgan fingerprint density at radius 1 is 1.26 bits per heavy atom. The molecule has 0 bridgehead atoms. The van der Waals surface area contributed by atoms with Gasteiger partial charge in [0.2, 0.25) is 5.91 Å². The maximum Gasteiger partial charge on any atom is 0.230 e. The summed E-state index contributed by atoms with van der Waals surface area (Å²) in [5.41, 5.74) is 0. The van der Waals surface area contributed by atoms with Gasteiger partial charge in [0.15, 0.2) is 0 Å². The first-order chi connectivity index (χ1) is 8.99. The Balaban J connectivity index is 2.30. The predicted molar refractivity (Wildman–Crippen MR) is 83.9 cm³/mol. The number of halogens is 1. The van der Waals surface area contributed by atoms with E-state index >= 15 is 0 Å². The van der Waals surface area contributed by atoms with Crippen LogP contribution in [-0.4, -0.2) is 17.7 Å². The Morgan fingerprint density at radius 2 is 1.95 bits per heavy atom. The van der Waals surface area contributed by atoms with Crippen LogP contribution in [0.2, 0.25) is 5.02 Å². The summed E-state index contributed by atoms with van der Waals surface area (Å²) in [4.78, 5) is 12.8. The van der Waals surface area contributed by atoms with Crippen molar-refractivity contribution in [1.82, 2.24) is 5.32 Å². The van der Waals surface area contributed by atoms with Gasteiger partial charge in [-0.25, -0.2) is 0 Å². The lowest BCUT2D eigenvalue weighted by molar-refractivity contribution is -0.119. The maximum atomic E-state index is 11.8. The largest absolute Gasteiger partial charge is 0.353 e. The summed E-state index contributed by atoms with van der Waals surface area (Å²) >= 11 is 7.52. The van der Waals surface area contributed by atoms with Gasteiger partial charge < -0.3 is 5.32 Å². The lowest BCUT2D eigenvalue weighted by atomic mass is 10.0. The summed E-state index contributed by atoms with van der Waals surface area (Å²) in [6.45, 7) is 6.45. The van der Waals surface area contributed by atoms with Crippen LogP contribution >= 0.6 is 23.4 Å². The molecule has 1 rings (SSSR count). The lowest BCUT2D eigenvalue weighted by Gasteiger charge is -2.15. The van der Waals surface area contributed by atoms with Crippen molar-refractivity contribution >= 4 is 29.3 Å². The highest BCUT2D eigenvalue weighted by Gasteiger charge is 2.09. The Bertz CT molecular complexity index is 409. The average Bonchev–Trinajstić information content (AvgIpc) is 2.35. The highest BCUT2D eigenvalue weighted by atomic mass is 35.5. The van der Waals surface area contributed by atoms with Gasteiger partial charge in [-0.15, -0.1) is 11.8 Å². The Kier molecular flexibility index (Phi) is 7.32. The zero-order chi connectivity index (χ0) is 14.3. The summed E-state index contributed by atoms with van der Waals surface area (Å²) in [7, 11) is 0. The molecular formula is C15H22ClNOS. The molecule has 0 aliphatic rings. The van der Waals surface area contributed by atoms with Gasteiger partial charge in [-0.1, -0.05) is 37.6 Å². The van der Waals surface area contributed by atoms with Gasteiger partial charge in [-0.05, 0) is 37.8 Å². The van der Waals surface area contributed by atoms with E-state index in [4.69, 9.17) is 11.6 Å². The van der Waals surface area contributed by atoms with E-state index in [1.54, 1.807) is 0 Å². The van der Waals surface area contributed by atoms with Crippen molar-refractivity contribution in [1.29, 1.82) is 0 Å². The summed E-state index contributed by atoms with van der Waals surface area (Å²) in [6, 6.07) is 7.83. The van der Waals surface area contributed by atoms with E-state index in [9.17, 15) is 4.79 Å². The molecule has 0 heterocycles. The number of carbonyl (C=O) groups excluding carboxylic acids is 1. The predicted octanol–water partition coefficient (Wildman–Crippen LogP) is 4.37. The first-order valence-corrected chi connectivity index (χ1v) is 8.02. The minimum Gasteiger partial charge on any atom is -0.353 e. The summed E-state index contributed by atoms with van der Waals surface area (Å²) in [5, 5.41) is 3.72. The van der Waals surface area contributed by atoms with Crippen LogP contribution in [0.5, 0.6) is 0 Å². The van der Waals surface area contributed by atoms with Gasteiger partial charge in [0, 0.05) is 10.9 Å². The van der Waals surface area contributed by atoms with Crippen molar-refractivity contribution in [2.75, 3.05) is 5.75 Å². The number of rotatable bonds is 7. The fraction of sp³-hybridized carbons (Fsp3) is 0.533. The molecule has 2 nitrogen and oxygen atoms in total. The average molecular weight is 300 g/mol. The third-order valence-electron chi connectivity index (χ3n) is 2.78. The van der Waals surface area contributed by atoms with Crippen molar-refractivity contribution in [2.24, 2.45) is 5.92 Å². The van der Waals surface area contributed by atoms with E-state index in [-0.39, 0.29) is 11.9 Å². The second-order valence-corrected chi connectivity index (χ2v) is 6.58. The van der Waals surface area contributed by atoms with Crippen molar-refractivity contribution in [3.63, 3.8) is 0 Å². The monoisotopic (exact) mass is 299 g/mol. The summed E-state index contributed by atoms with van der Waals surface area (Å²) < 4.78 is 0. The smallest absolute Gasteiger partial charge is 0.230 e. The molecule has 1 unspecified atom stereocenters. The van der Waals surface area contributed by atoms with E-state index < -0.39 is 0 Å². The molecule has 0 aliphatic carbocycles. The molecule has 0 radical (unpaired) electrons. The molecule has 0 aromatic heterocycles.